The second-order valence-electron chi connectivity index (χ2n) is 5.77. The molecular formula is C15H15N5OS3. The minimum Gasteiger partial charge on any atom is -0.378 e. The maximum atomic E-state index is 5.40. The average molecular weight is 378 g/mol. The highest BCUT2D eigenvalue weighted by Crippen LogP contribution is 2.42. The first-order valence-corrected chi connectivity index (χ1v) is 10.4. The molecule has 0 amide bonds. The van der Waals surface area contributed by atoms with E-state index in [4.69, 9.17) is 4.74 Å². The number of thiophene rings is 1. The van der Waals surface area contributed by atoms with Crippen molar-refractivity contribution in [2.45, 2.75) is 28.6 Å². The van der Waals surface area contributed by atoms with E-state index >= 15 is 0 Å². The van der Waals surface area contributed by atoms with Crippen molar-refractivity contribution >= 4 is 49.8 Å². The molecule has 6 nitrogen and oxygen atoms in total. The van der Waals surface area contributed by atoms with Crippen molar-refractivity contribution in [1.82, 2.24) is 20.2 Å². The summed E-state index contributed by atoms with van der Waals surface area (Å²) in [5.74, 6) is 0. The maximum absolute atomic E-state index is 5.40. The second-order valence-corrected chi connectivity index (χ2v) is 9.04. The maximum Gasteiger partial charge on any atom is 0.209 e. The molecule has 1 aliphatic carbocycles. The summed E-state index contributed by atoms with van der Waals surface area (Å²) in [7, 11) is 0. The Hall–Kier alpha value is -1.29. The highest BCUT2D eigenvalue weighted by atomic mass is 32.2. The standard InChI is InChI=1S/C15H15N5OS3/c1-2-9-10(3-1)22-12-11(9)13(17-8-16-12)23-15-19-18-14(24-15)20-4-6-21-7-5-20/h8H,1-7H2. The van der Waals surface area contributed by atoms with E-state index in [9.17, 15) is 0 Å². The minimum absolute atomic E-state index is 0.760. The van der Waals surface area contributed by atoms with Crippen LogP contribution in [0.3, 0.4) is 0 Å². The van der Waals surface area contributed by atoms with E-state index in [-0.39, 0.29) is 0 Å². The van der Waals surface area contributed by atoms with E-state index in [2.05, 4.69) is 25.1 Å². The molecule has 0 atom stereocenters. The first-order chi connectivity index (χ1) is 11.9. The fourth-order valence-corrected chi connectivity index (χ4v) is 6.41. The van der Waals surface area contributed by atoms with Gasteiger partial charge < -0.3 is 9.64 Å². The van der Waals surface area contributed by atoms with Crippen LogP contribution >= 0.6 is 34.4 Å². The molecule has 1 fully saturated rings. The summed E-state index contributed by atoms with van der Waals surface area (Å²) < 4.78 is 6.34. The molecule has 1 aliphatic heterocycles. The van der Waals surface area contributed by atoms with Gasteiger partial charge in [0.1, 0.15) is 16.2 Å². The van der Waals surface area contributed by atoms with Gasteiger partial charge in [-0.05, 0) is 36.6 Å². The lowest BCUT2D eigenvalue weighted by Gasteiger charge is -2.25. The van der Waals surface area contributed by atoms with Gasteiger partial charge in [0.15, 0.2) is 4.34 Å². The monoisotopic (exact) mass is 377 g/mol. The zero-order valence-electron chi connectivity index (χ0n) is 12.9. The average Bonchev–Trinajstić information content (AvgIpc) is 3.31. The van der Waals surface area contributed by atoms with Gasteiger partial charge in [0, 0.05) is 23.4 Å². The van der Waals surface area contributed by atoms with Crippen molar-refractivity contribution in [2.75, 3.05) is 31.2 Å². The number of morpholine rings is 1. The van der Waals surface area contributed by atoms with Gasteiger partial charge in [-0.3, -0.25) is 0 Å². The number of hydrogen-bond donors (Lipinski definition) is 0. The van der Waals surface area contributed by atoms with Crippen LogP contribution in [0.1, 0.15) is 16.9 Å². The molecule has 3 aromatic rings. The predicted octanol–water partition coefficient (Wildman–Crippen LogP) is 3.02. The first kappa shape index (κ1) is 15.0. The molecule has 5 rings (SSSR count). The van der Waals surface area contributed by atoms with Crippen molar-refractivity contribution in [3.63, 3.8) is 0 Å². The summed E-state index contributed by atoms with van der Waals surface area (Å²) >= 11 is 5.07. The van der Waals surface area contributed by atoms with Crippen molar-refractivity contribution in [3.8, 4) is 0 Å². The summed E-state index contributed by atoms with van der Waals surface area (Å²) in [5.41, 5.74) is 1.45. The fourth-order valence-electron chi connectivity index (χ4n) is 3.19. The van der Waals surface area contributed by atoms with Gasteiger partial charge >= 0.3 is 0 Å². The molecule has 0 N–H and O–H groups in total. The molecule has 124 valence electrons. The highest BCUT2D eigenvalue weighted by molar-refractivity contribution is 8.01. The van der Waals surface area contributed by atoms with E-state index in [1.807, 2.05) is 11.3 Å². The topological polar surface area (TPSA) is 64.0 Å². The number of fused-ring (bicyclic) bond motifs is 3. The van der Waals surface area contributed by atoms with E-state index < -0.39 is 0 Å². The molecule has 0 saturated carbocycles. The van der Waals surface area contributed by atoms with Gasteiger partial charge in [0.05, 0.1) is 13.2 Å². The summed E-state index contributed by atoms with van der Waals surface area (Å²) in [6, 6.07) is 0. The van der Waals surface area contributed by atoms with Crippen LogP contribution in [0.2, 0.25) is 0 Å². The largest absolute Gasteiger partial charge is 0.378 e. The summed E-state index contributed by atoms with van der Waals surface area (Å²) in [6.45, 7) is 3.29. The van der Waals surface area contributed by atoms with Crippen LogP contribution < -0.4 is 4.90 Å². The van der Waals surface area contributed by atoms with Crippen LogP contribution in [0.5, 0.6) is 0 Å². The summed E-state index contributed by atoms with van der Waals surface area (Å²) in [4.78, 5) is 13.8. The third kappa shape index (κ3) is 2.59. The van der Waals surface area contributed by atoms with Gasteiger partial charge in [0.25, 0.3) is 0 Å². The number of aryl methyl sites for hydroxylation is 2. The quantitative estimate of drug-likeness (QED) is 0.650. The number of hydrogen-bond acceptors (Lipinski definition) is 9. The molecule has 0 spiro atoms. The Morgan fingerprint density at radius 2 is 2.00 bits per heavy atom. The molecular weight excluding hydrogens is 362 g/mol. The Balaban J connectivity index is 1.46. The van der Waals surface area contributed by atoms with Crippen molar-refractivity contribution in [2.24, 2.45) is 0 Å². The SMILES string of the molecule is c1nc(Sc2nnc(N3CCOCC3)s2)c2c3c(sc2n1)CCC3. The zero-order valence-corrected chi connectivity index (χ0v) is 15.3. The Morgan fingerprint density at radius 1 is 1.08 bits per heavy atom. The molecule has 0 aromatic carbocycles. The molecule has 4 heterocycles. The van der Waals surface area contributed by atoms with Crippen molar-refractivity contribution in [3.05, 3.63) is 16.8 Å². The van der Waals surface area contributed by atoms with E-state index in [0.717, 1.165) is 52.1 Å². The number of aromatic nitrogens is 4. The molecule has 1 saturated heterocycles. The van der Waals surface area contributed by atoms with E-state index in [1.165, 1.54) is 28.7 Å². The van der Waals surface area contributed by atoms with Crippen LogP contribution in [0.15, 0.2) is 15.7 Å². The summed E-state index contributed by atoms with van der Waals surface area (Å²) in [5, 5.41) is 11.9. The van der Waals surface area contributed by atoms with Crippen molar-refractivity contribution in [1.29, 1.82) is 0 Å². The zero-order chi connectivity index (χ0) is 15.9. The Morgan fingerprint density at radius 3 is 2.92 bits per heavy atom. The molecule has 0 unspecified atom stereocenters. The third-order valence-electron chi connectivity index (χ3n) is 4.33. The molecule has 3 aromatic heterocycles. The molecule has 2 aliphatic rings. The Labute approximate surface area is 151 Å². The molecule has 9 heteroatoms. The molecule has 24 heavy (non-hydrogen) atoms. The van der Waals surface area contributed by atoms with Gasteiger partial charge in [-0.15, -0.1) is 21.5 Å². The lowest BCUT2D eigenvalue weighted by Crippen LogP contribution is -2.36. The van der Waals surface area contributed by atoms with Crippen molar-refractivity contribution < 1.29 is 4.74 Å². The highest BCUT2D eigenvalue weighted by Gasteiger charge is 2.23. The Kier molecular flexibility index (Phi) is 3.88. The number of anilines is 1. The van der Waals surface area contributed by atoms with E-state index in [0.29, 0.717) is 0 Å². The first-order valence-electron chi connectivity index (χ1n) is 7.98. The van der Waals surface area contributed by atoms with Crippen LogP contribution in [0.4, 0.5) is 5.13 Å². The van der Waals surface area contributed by atoms with Crippen LogP contribution in [-0.2, 0) is 17.6 Å². The lowest BCUT2D eigenvalue weighted by molar-refractivity contribution is 0.122. The van der Waals surface area contributed by atoms with Crippen LogP contribution in [0, 0.1) is 0 Å². The molecule has 0 bridgehead atoms. The van der Waals surface area contributed by atoms with E-state index in [1.54, 1.807) is 29.4 Å². The van der Waals surface area contributed by atoms with Crippen LogP contribution in [0.25, 0.3) is 10.2 Å². The second kappa shape index (κ2) is 6.21. The third-order valence-corrected chi connectivity index (χ3v) is 7.57. The van der Waals surface area contributed by atoms with Gasteiger partial charge in [-0.1, -0.05) is 11.3 Å². The van der Waals surface area contributed by atoms with Gasteiger partial charge in [-0.2, -0.15) is 0 Å². The normalized spacial score (nSPS) is 17.6. The van der Waals surface area contributed by atoms with Crippen LogP contribution in [-0.4, -0.2) is 46.5 Å². The van der Waals surface area contributed by atoms with Gasteiger partial charge in [0.2, 0.25) is 5.13 Å². The predicted molar refractivity (Wildman–Crippen MR) is 96.5 cm³/mol. The van der Waals surface area contributed by atoms with Gasteiger partial charge in [-0.25, -0.2) is 9.97 Å². The minimum atomic E-state index is 0.760. The smallest absolute Gasteiger partial charge is 0.209 e. The number of rotatable bonds is 3. The summed E-state index contributed by atoms with van der Waals surface area (Å²) in [6.07, 6.45) is 5.24. The number of ether oxygens (including phenoxy) is 1. The fraction of sp³-hybridized carbons (Fsp3) is 0.467. The Bertz CT molecular complexity index is 886. The number of nitrogens with zero attached hydrogens (tertiary/aromatic N) is 5. The lowest BCUT2D eigenvalue weighted by atomic mass is 10.2. The molecule has 0 radical (unpaired) electrons.